The number of carbonyl (C=O) groups is 1. The summed E-state index contributed by atoms with van der Waals surface area (Å²) in [6.07, 6.45) is 4.33. The van der Waals surface area contributed by atoms with E-state index in [0.717, 1.165) is 43.9 Å². The minimum Gasteiger partial charge on any atom is -0.339 e. The highest BCUT2D eigenvalue weighted by Gasteiger charge is 2.22. The molecule has 31 heavy (non-hydrogen) atoms. The van der Waals surface area contributed by atoms with Crippen LogP contribution in [-0.4, -0.2) is 63.2 Å². The first kappa shape index (κ1) is 21.2. The molecule has 0 unspecified atom stereocenters. The van der Waals surface area contributed by atoms with Gasteiger partial charge in [-0.25, -0.2) is 0 Å². The molecule has 1 amide bonds. The van der Waals surface area contributed by atoms with Gasteiger partial charge in [-0.3, -0.25) is 19.4 Å². The Morgan fingerprint density at radius 2 is 1.87 bits per heavy atom. The third-order valence-electron chi connectivity index (χ3n) is 5.53. The normalized spacial score (nSPS) is 14.9. The van der Waals surface area contributed by atoms with Gasteiger partial charge in [0.05, 0.1) is 0 Å². The van der Waals surface area contributed by atoms with Crippen LogP contribution in [0, 0.1) is 11.7 Å². The van der Waals surface area contributed by atoms with E-state index in [9.17, 15) is 4.79 Å². The number of benzene rings is 2. The number of aryl methyl sites for hydroxylation is 1. The van der Waals surface area contributed by atoms with Gasteiger partial charge in [0.2, 0.25) is 5.91 Å². The summed E-state index contributed by atoms with van der Waals surface area (Å²) in [6, 6.07) is 18.4. The van der Waals surface area contributed by atoms with Crippen LogP contribution < -0.4 is 0 Å². The molecule has 1 aromatic heterocycles. The molecule has 7 heteroatoms. The molecule has 0 atom stereocenters. The number of rotatable bonds is 6. The van der Waals surface area contributed by atoms with E-state index >= 15 is 0 Å². The van der Waals surface area contributed by atoms with E-state index in [2.05, 4.69) is 39.4 Å². The van der Waals surface area contributed by atoms with Crippen LogP contribution in [0.15, 0.2) is 60.7 Å². The summed E-state index contributed by atoms with van der Waals surface area (Å²) in [7, 11) is 0. The molecule has 2 aromatic carbocycles. The summed E-state index contributed by atoms with van der Waals surface area (Å²) in [5, 5.41) is 7.19. The van der Waals surface area contributed by atoms with Gasteiger partial charge in [-0.15, -0.1) is 0 Å². The highest BCUT2D eigenvalue weighted by Crippen LogP contribution is 2.19. The van der Waals surface area contributed by atoms with Crippen molar-refractivity contribution in [1.82, 2.24) is 24.6 Å². The van der Waals surface area contributed by atoms with E-state index in [4.69, 9.17) is 12.2 Å². The number of aromatic nitrogens is 3. The van der Waals surface area contributed by atoms with E-state index in [1.54, 1.807) is 4.57 Å². The van der Waals surface area contributed by atoms with Crippen LogP contribution in [0.5, 0.6) is 0 Å². The molecule has 0 radical (unpaired) electrons. The molecule has 3 aromatic rings. The Labute approximate surface area is 187 Å². The van der Waals surface area contributed by atoms with Gasteiger partial charge >= 0.3 is 0 Å². The monoisotopic (exact) mass is 433 g/mol. The van der Waals surface area contributed by atoms with Gasteiger partial charge < -0.3 is 4.90 Å². The largest absolute Gasteiger partial charge is 0.339 e. The summed E-state index contributed by atoms with van der Waals surface area (Å²) in [4.78, 5) is 17.2. The van der Waals surface area contributed by atoms with Gasteiger partial charge in [-0.1, -0.05) is 66.2 Å². The maximum atomic E-state index is 13.0. The SMILES string of the molecule is Cc1cccc(-c2n[nH]c(=S)n2CC(=O)N2CCN(C/C=C/c3ccccc3)CC2)c1. The van der Waals surface area contributed by atoms with Crippen LogP contribution in [0.2, 0.25) is 0 Å². The number of H-pyrrole nitrogens is 1. The van der Waals surface area contributed by atoms with Gasteiger partial charge in [0.25, 0.3) is 0 Å². The Morgan fingerprint density at radius 1 is 1.10 bits per heavy atom. The van der Waals surface area contributed by atoms with Crippen LogP contribution in [0.25, 0.3) is 17.5 Å². The maximum Gasteiger partial charge on any atom is 0.242 e. The second-order valence-electron chi connectivity index (χ2n) is 7.80. The second-order valence-corrected chi connectivity index (χ2v) is 8.19. The van der Waals surface area contributed by atoms with E-state index < -0.39 is 0 Å². The van der Waals surface area contributed by atoms with Crippen molar-refractivity contribution in [1.29, 1.82) is 0 Å². The topological polar surface area (TPSA) is 57.2 Å². The third-order valence-corrected chi connectivity index (χ3v) is 5.84. The average molecular weight is 434 g/mol. The molecule has 1 N–H and O–H groups in total. The molecule has 0 aliphatic carbocycles. The van der Waals surface area contributed by atoms with Gasteiger partial charge in [0, 0.05) is 38.3 Å². The fourth-order valence-electron chi connectivity index (χ4n) is 3.79. The smallest absolute Gasteiger partial charge is 0.242 e. The summed E-state index contributed by atoms with van der Waals surface area (Å²) >= 11 is 5.39. The van der Waals surface area contributed by atoms with E-state index in [-0.39, 0.29) is 12.5 Å². The number of amides is 1. The van der Waals surface area contributed by atoms with Crippen LogP contribution in [0.4, 0.5) is 0 Å². The lowest BCUT2D eigenvalue weighted by atomic mass is 10.1. The summed E-state index contributed by atoms with van der Waals surface area (Å²) in [6.45, 7) is 6.31. The molecule has 0 spiro atoms. The molecule has 4 rings (SSSR count). The van der Waals surface area contributed by atoms with Gasteiger partial charge in [0.1, 0.15) is 6.54 Å². The Balaban J connectivity index is 1.33. The zero-order valence-electron chi connectivity index (χ0n) is 17.7. The van der Waals surface area contributed by atoms with Crippen molar-refractivity contribution in [2.45, 2.75) is 13.5 Å². The minimum atomic E-state index is 0.0749. The number of nitrogens with zero attached hydrogens (tertiary/aromatic N) is 4. The highest BCUT2D eigenvalue weighted by atomic mass is 32.1. The van der Waals surface area contributed by atoms with Crippen molar-refractivity contribution in [3.05, 3.63) is 76.6 Å². The fraction of sp³-hybridized carbons (Fsp3) is 0.292. The van der Waals surface area contributed by atoms with Crippen molar-refractivity contribution >= 4 is 24.2 Å². The van der Waals surface area contributed by atoms with Gasteiger partial charge in [-0.05, 0) is 30.8 Å². The van der Waals surface area contributed by atoms with Crippen molar-refractivity contribution in [3.8, 4) is 11.4 Å². The van der Waals surface area contributed by atoms with Gasteiger partial charge in [-0.2, -0.15) is 5.10 Å². The number of hydrogen-bond acceptors (Lipinski definition) is 4. The maximum absolute atomic E-state index is 13.0. The lowest BCUT2D eigenvalue weighted by molar-refractivity contribution is -0.133. The number of aromatic amines is 1. The predicted molar refractivity (Wildman–Crippen MR) is 126 cm³/mol. The zero-order valence-corrected chi connectivity index (χ0v) is 18.5. The molecular weight excluding hydrogens is 406 g/mol. The molecular formula is C24H27N5OS. The quantitative estimate of drug-likeness (QED) is 0.601. The van der Waals surface area contributed by atoms with Crippen molar-refractivity contribution in [2.24, 2.45) is 0 Å². The standard InChI is InChI=1S/C24H27N5OS/c1-19-7-5-11-21(17-19)23-25-26-24(31)29(23)18-22(30)28-15-13-27(14-16-28)12-6-10-20-8-3-2-4-9-20/h2-11,17H,12-16,18H2,1H3,(H,26,31)/b10-6+. The fourth-order valence-corrected chi connectivity index (χ4v) is 3.98. The molecule has 1 fully saturated rings. The number of piperazine rings is 1. The average Bonchev–Trinajstić information content (AvgIpc) is 3.15. The lowest BCUT2D eigenvalue weighted by Gasteiger charge is -2.34. The first-order chi connectivity index (χ1) is 15.1. The van der Waals surface area contributed by atoms with Crippen molar-refractivity contribution in [3.63, 3.8) is 0 Å². The van der Waals surface area contributed by atoms with E-state index in [0.29, 0.717) is 10.6 Å². The molecule has 1 aliphatic rings. The molecule has 160 valence electrons. The van der Waals surface area contributed by atoms with Crippen LogP contribution in [0.1, 0.15) is 11.1 Å². The minimum absolute atomic E-state index is 0.0749. The molecule has 0 bridgehead atoms. The molecule has 1 saturated heterocycles. The molecule has 0 saturated carbocycles. The number of carbonyl (C=O) groups excluding carboxylic acids is 1. The Hall–Kier alpha value is -3.03. The Morgan fingerprint density at radius 3 is 2.61 bits per heavy atom. The Bertz CT molecular complexity index is 1110. The molecule has 6 nitrogen and oxygen atoms in total. The summed E-state index contributed by atoms with van der Waals surface area (Å²) < 4.78 is 2.26. The van der Waals surface area contributed by atoms with Gasteiger partial charge in [0.15, 0.2) is 10.6 Å². The summed E-state index contributed by atoms with van der Waals surface area (Å²) in [5.74, 6) is 0.776. The highest BCUT2D eigenvalue weighted by molar-refractivity contribution is 7.71. The first-order valence-electron chi connectivity index (χ1n) is 10.5. The third kappa shape index (κ3) is 5.37. The summed E-state index contributed by atoms with van der Waals surface area (Å²) in [5.41, 5.74) is 3.30. The first-order valence-corrected chi connectivity index (χ1v) is 10.9. The molecule has 2 heterocycles. The van der Waals surface area contributed by atoms with Crippen LogP contribution >= 0.6 is 12.2 Å². The second kappa shape index (κ2) is 9.85. The van der Waals surface area contributed by atoms with E-state index in [1.807, 2.05) is 54.3 Å². The van der Waals surface area contributed by atoms with Crippen molar-refractivity contribution in [2.75, 3.05) is 32.7 Å². The lowest BCUT2D eigenvalue weighted by Crippen LogP contribution is -2.49. The Kier molecular flexibility index (Phi) is 6.74. The number of hydrogen-bond donors (Lipinski definition) is 1. The zero-order chi connectivity index (χ0) is 21.6. The predicted octanol–water partition coefficient (Wildman–Crippen LogP) is 3.77. The molecule has 1 aliphatic heterocycles. The van der Waals surface area contributed by atoms with Crippen molar-refractivity contribution < 1.29 is 4.79 Å². The van der Waals surface area contributed by atoms with Crippen LogP contribution in [-0.2, 0) is 11.3 Å². The van der Waals surface area contributed by atoms with E-state index in [1.165, 1.54) is 5.56 Å². The number of nitrogens with one attached hydrogen (secondary N) is 1. The van der Waals surface area contributed by atoms with Crippen LogP contribution in [0.3, 0.4) is 0 Å².